The fourth-order valence-corrected chi connectivity index (χ4v) is 2.27. The predicted octanol–water partition coefficient (Wildman–Crippen LogP) is 3.21. The van der Waals surface area contributed by atoms with Crippen LogP contribution in [-0.2, 0) is 0 Å². The fraction of sp³-hybridized carbons (Fsp3) is 0.0625. The Morgan fingerprint density at radius 1 is 1.10 bits per heavy atom. The molecule has 0 radical (unpaired) electrons. The number of nitriles is 1. The van der Waals surface area contributed by atoms with E-state index in [2.05, 4.69) is 21.4 Å². The SMILES string of the molecule is CNc1ncc(-c2ccncc2)c2cc(C#N)ccc12. The summed E-state index contributed by atoms with van der Waals surface area (Å²) < 4.78 is 0. The fourth-order valence-electron chi connectivity index (χ4n) is 2.27. The zero-order valence-corrected chi connectivity index (χ0v) is 11.0. The van der Waals surface area contributed by atoms with E-state index < -0.39 is 0 Å². The van der Waals surface area contributed by atoms with Crippen molar-refractivity contribution in [2.75, 3.05) is 12.4 Å². The molecule has 2 aromatic heterocycles. The third kappa shape index (κ3) is 1.95. The highest BCUT2D eigenvalue weighted by molar-refractivity contribution is 6.02. The molecule has 1 N–H and O–H groups in total. The van der Waals surface area contributed by atoms with E-state index in [0.29, 0.717) is 5.56 Å². The van der Waals surface area contributed by atoms with Crippen LogP contribution in [-0.4, -0.2) is 17.0 Å². The van der Waals surface area contributed by atoms with Gasteiger partial charge in [0.1, 0.15) is 5.82 Å². The number of fused-ring (bicyclic) bond motifs is 1. The summed E-state index contributed by atoms with van der Waals surface area (Å²) in [4.78, 5) is 8.48. The third-order valence-corrected chi connectivity index (χ3v) is 3.24. The van der Waals surface area contributed by atoms with Crippen LogP contribution in [0.3, 0.4) is 0 Å². The van der Waals surface area contributed by atoms with Gasteiger partial charge in [-0.1, -0.05) is 0 Å². The molecule has 0 fully saturated rings. The molecule has 3 rings (SSSR count). The summed E-state index contributed by atoms with van der Waals surface area (Å²) in [6, 6.07) is 11.7. The summed E-state index contributed by atoms with van der Waals surface area (Å²) in [6.45, 7) is 0. The number of anilines is 1. The molecule has 0 saturated heterocycles. The standard InChI is InChI=1S/C16H12N4/c1-18-16-13-3-2-11(9-17)8-14(13)15(10-20-16)12-4-6-19-7-5-12/h2-8,10H,1H3,(H,18,20). The Morgan fingerprint density at radius 2 is 1.90 bits per heavy atom. The van der Waals surface area contributed by atoms with Crippen LogP contribution in [0.5, 0.6) is 0 Å². The molecule has 2 heterocycles. The summed E-state index contributed by atoms with van der Waals surface area (Å²) in [7, 11) is 1.84. The van der Waals surface area contributed by atoms with Crippen molar-refractivity contribution in [2.45, 2.75) is 0 Å². The van der Waals surface area contributed by atoms with E-state index in [1.54, 1.807) is 18.5 Å². The van der Waals surface area contributed by atoms with Crippen LogP contribution >= 0.6 is 0 Å². The van der Waals surface area contributed by atoms with Crippen LogP contribution in [0.15, 0.2) is 48.9 Å². The molecule has 0 unspecified atom stereocenters. The molecule has 96 valence electrons. The van der Waals surface area contributed by atoms with Gasteiger partial charge in [-0.3, -0.25) is 4.98 Å². The van der Waals surface area contributed by atoms with Crippen LogP contribution in [0.4, 0.5) is 5.82 Å². The Hall–Kier alpha value is -2.93. The number of nitrogens with one attached hydrogen (secondary N) is 1. The van der Waals surface area contributed by atoms with Gasteiger partial charge in [-0.25, -0.2) is 4.98 Å². The summed E-state index contributed by atoms with van der Waals surface area (Å²) in [5.41, 5.74) is 2.68. The van der Waals surface area contributed by atoms with Gasteiger partial charge in [0.05, 0.1) is 11.6 Å². The summed E-state index contributed by atoms with van der Waals surface area (Å²) in [5.74, 6) is 0.808. The molecule has 0 aliphatic rings. The number of hydrogen-bond donors (Lipinski definition) is 1. The second-order valence-corrected chi connectivity index (χ2v) is 4.38. The number of pyridine rings is 2. The average Bonchev–Trinajstić information content (AvgIpc) is 2.54. The zero-order chi connectivity index (χ0) is 13.9. The Kier molecular flexibility index (Phi) is 3.02. The molecule has 0 bridgehead atoms. The second kappa shape index (κ2) is 4.98. The molecule has 20 heavy (non-hydrogen) atoms. The first-order chi connectivity index (χ1) is 9.83. The molecule has 0 saturated carbocycles. The minimum atomic E-state index is 0.640. The van der Waals surface area contributed by atoms with E-state index in [0.717, 1.165) is 27.7 Å². The highest BCUT2D eigenvalue weighted by Gasteiger charge is 2.09. The number of benzene rings is 1. The summed E-state index contributed by atoms with van der Waals surface area (Å²) in [5, 5.41) is 14.2. The quantitative estimate of drug-likeness (QED) is 0.768. The van der Waals surface area contributed by atoms with Crippen molar-refractivity contribution in [2.24, 2.45) is 0 Å². The minimum Gasteiger partial charge on any atom is -0.373 e. The van der Waals surface area contributed by atoms with Crippen molar-refractivity contribution in [3.63, 3.8) is 0 Å². The van der Waals surface area contributed by atoms with Crippen LogP contribution in [0.25, 0.3) is 21.9 Å². The number of aromatic nitrogens is 2. The lowest BCUT2D eigenvalue weighted by molar-refractivity contribution is 1.30. The first-order valence-corrected chi connectivity index (χ1v) is 6.24. The van der Waals surface area contributed by atoms with Crippen molar-refractivity contribution in [3.8, 4) is 17.2 Å². The van der Waals surface area contributed by atoms with Gasteiger partial charge in [0, 0.05) is 36.6 Å². The molecule has 0 aliphatic heterocycles. The number of nitrogens with zero attached hydrogens (tertiary/aromatic N) is 3. The second-order valence-electron chi connectivity index (χ2n) is 4.38. The Balaban J connectivity index is 2.36. The third-order valence-electron chi connectivity index (χ3n) is 3.24. The van der Waals surface area contributed by atoms with E-state index in [4.69, 9.17) is 5.26 Å². The van der Waals surface area contributed by atoms with E-state index in [1.807, 2.05) is 37.5 Å². The van der Waals surface area contributed by atoms with Crippen molar-refractivity contribution in [1.29, 1.82) is 5.26 Å². The number of hydrogen-bond acceptors (Lipinski definition) is 4. The van der Waals surface area contributed by atoms with Crippen LogP contribution in [0.2, 0.25) is 0 Å². The Labute approximate surface area is 116 Å². The summed E-state index contributed by atoms with van der Waals surface area (Å²) in [6.07, 6.45) is 5.33. The first kappa shape index (κ1) is 12.1. The molecule has 0 atom stereocenters. The molecule has 4 heteroatoms. The van der Waals surface area contributed by atoms with Gasteiger partial charge in [0.15, 0.2) is 0 Å². The van der Waals surface area contributed by atoms with Gasteiger partial charge in [-0.15, -0.1) is 0 Å². The summed E-state index contributed by atoms with van der Waals surface area (Å²) >= 11 is 0. The van der Waals surface area contributed by atoms with Gasteiger partial charge in [0.25, 0.3) is 0 Å². The molecule has 0 spiro atoms. The van der Waals surface area contributed by atoms with Crippen LogP contribution in [0, 0.1) is 11.3 Å². The van der Waals surface area contributed by atoms with Crippen molar-refractivity contribution in [3.05, 3.63) is 54.5 Å². The molecule has 4 nitrogen and oxygen atoms in total. The lowest BCUT2D eigenvalue weighted by Gasteiger charge is -2.10. The lowest BCUT2D eigenvalue weighted by atomic mass is 9.99. The Morgan fingerprint density at radius 3 is 2.60 bits per heavy atom. The molecule has 0 amide bonds. The van der Waals surface area contributed by atoms with E-state index in [-0.39, 0.29) is 0 Å². The maximum absolute atomic E-state index is 9.09. The average molecular weight is 260 g/mol. The van der Waals surface area contributed by atoms with Gasteiger partial charge in [0.2, 0.25) is 0 Å². The molecule has 0 aliphatic carbocycles. The van der Waals surface area contributed by atoms with Gasteiger partial charge in [-0.2, -0.15) is 5.26 Å². The van der Waals surface area contributed by atoms with Gasteiger partial charge in [-0.05, 0) is 41.3 Å². The van der Waals surface area contributed by atoms with Gasteiger partial charge >= 0.3 is 0 Å². The molecular formula is C16H12N4. The van der Waals surface area contributed by atoms with Crippen molar-refractivity contribution in [1.82, 2.24) is 9.97 Å². The predicted molar refractivity (Wildman–Crippen MR) is 79.2 cm³/mol. The minimum absolute atomic E-state index is 0.640. The largest absolute Gasteiger partial charge is 0.373 e. The maximum atomic E-state index is 9.09. The zero-order valence-electron chi connectivity index (χ0n) is 11.0. The van der Waals surface area contributed by atoms with E-state index >= 15 is 0 Å². The van der Waals surface area contributed by atoms with E-state index in [1.165, 1.54) is 0 Å². The topological polar surface area (TPSA) is 61.6 Å². The highest BCUT2D eigenvalue weighted by atomic mass is 15.0. The lowest BCUT2D eigenvalue weighted by Crippen LogP contribution is -1.95. The maximum Gasteiger partial charge on any atom is 0.133 e. The molecule has 1 aromatic carbocycles. The number of rotatable bonds is 2. The molecule has 3 aromatic rings. The highest BCUT2D eigenvalue weighted by Crippen LogP contribution is 2.31. The smallest absolute Gasteiger partial charge is 0.133 e. The normalized spacial score (nSPS) is 10.2. The molecular weight excluding hydrogens is 248 g/mol. The van der Waals surface area contributed by atoms with Gasteiger partial charge < -0.3 is 5.32 Å². The van der Waals surface area contributed by atoms with Crippen molar-refractivity contribution >= 4 is 16.6 Å². The van der Waals surface area contributed by atoms with E-state index in [9.17, 15) is 0 Å². The first-order valence-electron chi connectivity index (χ1n) is 6.24. The Bertz CT molecular complexity index is 804. The monoisotopic (exact) mass is 260 g/mol. The van der Waals surface area contributed by atoms with Crippen LogP contribution < -0.4 is 5.32 Å². The van der Waals surface area contributed by atoms with Crippen molar-refractivity contribution < 1.29 is 0 Å². The van der Waals surface area contributed by atoms with Crippen LogP contribution in [0.1, 0.15) is 5.56 Å².